The van der Waals surface area contributed by atoms with Crippen molar-refractivity contribution in [3.05, 3.63) is 58.3 Å². The summed E-state index contributed by atoms with van der Waals surface area (Å²) in [6.07, 6.45) is 1.87. The number of halogens is 2. The van der Waals surface area contributed by atoms with E-state index in [9.17, 15) is 14.3 Å². The van der Waals surface area contributed by atoms with Gasteiger partial charge in [0.25, 0.3) is 0 Å². The van der Waals surface area contributed by atoms with Gasteiger partial charge in [-0.1, -0.05) is 22.0 Å². The number of phenols is 1. The van der Waals surface area contributed by atoms with Gasteiger partial charge in [-0.3, -0.25) is 9.79 Å². The Bertz CT molecular complexity index is 732. The maximum absolute atomic E-state index is 12.9. The Labute approximate surface area is 148 Å². The summed E-state index contributed by atoms with van der Waals surface area (Å²) in [7, 11) is 0. The largest absolute Gasteiger partial charge is 0.508 e. The van der Waals surface area contributed by atoms with Crippen LogP contribution in [0.5, 0.6) is 5.75 Å². The van der Waals surface area contributed by atoms with E-state index >= 15 is 0 Å². The smallest absolute Gasteiger partial charge is 0.314 e. The first kappa shape index (κ1) is 18.1. The highest BCUT2D eigenvalue weighted by Gasteiger charge is 2.19. The van der Waals surface area contributed by atoms with Crippen molar-refractivity contribution in [3.63, 3.8) is 0 Å². The molecule has 2 aromatic rings. The van der Waals surface area contributed by atoms with Crippen molar-refractivity contribution in [2.75, 3.05) is 6.61 Å². The van der Waals surface area contributed by atoms with E-state index in [1.165, 1.54) is 30.5 Å². The summed E-state index contributed by atoms with van der Waals surface area (Å²) in [5, 5.41) is 9.46. The molecule has 0 spiro atoms. The SMILES string of the molecule is CCOC(=O)C(C=Nc1ccc(F)cc1)Cc1ccc(O)cc1Br. The molecule has 1 atom stereocenters. The van der Waals surface area contributed by atoms with Crippen LogP contribution in [0, 0.1) is 11.7 Å². The van der Waals surface area contributed by atoms with Gasteiger partial charge in [-0.25, -0.2) is 4.39 Å². The predicted octanol–water partition coefficient (Wildman–Crippen LogP) is 4.42. The number of phenolic OH excluding ortho intramolecular Hbond substituents is 1. The summed E-state index contributed by atoms with van der Waals surface area (Å²) in [4.78, 5) is 16.4. The van der Waals surface area contributed by atoms with E-state index in [2.05, 4.69) is 20.9 Å². The average molecular weight is 394 g/mol. The zero-order valence-electron chi connectivity index (χ0n) is 13.1. The molecule has 4 nitrogen and oxygen atoms in total. The lowest BCUT2D eigenvalue weighted by molar-refractivity contribution is -0.145. The van der Waals surface area contributed by atoms with Crippen molar-refractivity contribution in [2.24, 2.45) is 10.9 Å². The molecule has 0 amide bonds. The van der Waals surface area contributed by atoms with Crippen molar-refractivity contribution in [1.82, 2.24) is 0 Å². The van der Waals surface area contributed by atoms with Crippen LogP contribution in [0.1, 0.15) is 12.5 Å². The number of carbonyl (C=O) groups excluding carboxylic acids is 1. The lowest BCUT2D eigenvalue weighted by atomic mass is 10.0. The summed E-state index contributed by atoms with van der Waals surface area (Å²) in [6.45, 7) is 2.01. The fourth-order valence-electron chi connectivity index (χ4n) is 2.09. The monoisotopic (exact) mass is 393 g/mol. The third kappa shape index (κ3) is 5.16. The van der Waals surface area contributed by atoms with Crippen LogP contribution in [0.15, 0.2) is 51.9 Å². The minimum atomic E-state index is -0.587. The predicted molar refractivity (Wildman–Crippen MR) is 94.2 cm³/mol. The lowest BCUT2D eigenvalue weighted by Gasteiger charge is -2.12. The number of esters is 1. The van der Waals surface area contributed by atoms with Crippen molar-refractivity contribution >= 4 is 33.8 Å². The Kier molecular flexibility index (Phi) is 6.49. The highest BCUT2D eigenvalue weighted by molar-refractivity contribution is 9.10. The summed E-state index contributed by atoms with van der Waals surface area (Å²) in [6, 6.07) is 10.5. The van der Waals surface area contributed by atoms with Crippen LogP contribution >= 0.6 is 15.9 Å². The zero-order chi connectivity index (χ0) is 17.5. The molecule has 24 heavy (non-hydrogen) atoms. The molecule has 0 aromatic heterocycles. The topological polar surface area (TPSA) is 58.9 Å². The van der Waals surface area contributed by atoms with E-state index in [0.29, 0.717) is 16.6 Å². The van der Waals surface area contributed by atoms with Crippen molar-refractivity contribution in [3.8, 4) is 5.75 Å². The number of hydrogen-bond acceptors (Lipinski definition) is 4. The molecule has 2 rings (SSSR count). The number of hydrogen-bond donors (Lipinski definition) is 1. The second-order valence-corrected chi connectivity index (χ2v) is 5.95. The number of nitrogens with zero attached hydrogens (tertiary/aromatic N) is 1. The number of aromatic hydroxyl groups is 1. The van der Waals surface area contributed by atoms with E-state index in [-0.39, 0.29) is 24.1 Å². The van der Waals surface area contributed by atoms with Gasteiger partial charge in [0.1, 0.15) is 11.6 Å². The van der Waals surface area contributed by atoms with Crippen LogP contribution < -0.4 is 0 Å². The van der Waals surface area contributed by atoms with Gasteiger partial charge >= 0.3 is 5.97 Å². The minimum absolute atomic E-state index is 0.137. The van der Waals surface area contributed by atoms with Gasteiger partial charge in [-0.15, -0.1) is 0 Å². The third-order valence-electron chi connectivity index (χ3n) is 3.30. The molecule has 0 heterocycles. The van der Waals surface area contributed by atoms with Gasteiger partial charge in [0, 0.05) is 10.7 Å². The van der Waals surface area contributed by atoms with Crippen LogP contribution in [-0.2, 0) is 16.0 Å². The molecule has 126 valence electrons. The fraction of sp³-hybridized carbons (Fsp3) is 0.222. The molecular formula is C18H17BrFNO3. The molecule has 0 aliphatic rings. The molecule has 0 fully saturated rings. The lowest BCUT2D eigenvalue weighted by Crippen LogP contribution is -2.21. The minimum Gasteiger partial charge on any atom is -0.508 e. The number of ether oxygens (including phenoxy) is 1. The molecule has 0 bridgehead atoms. The van der Waals surface area contributed by atoms with Crippen LogP contribution in [0.2, 0.25) is 0 Å². The van der Waals surface area contributed by atoms with Gasteiger partial charge in [0.2, 0.25) is 0 Å². The van der Waals surface area contributed by atoms with Gasteiger partial charge < -0.3 is 9.84 Å². The maximum atomic E-state index is 12.9. The number of benzene rings is 2. The molecule has 1 N–H and O–H groups in total. The highest BCUT2D eigenvalue weighted by Crippen LogP contribution is 2.25. The summed E-state index contributed by atoms with van der Waals surface area (Å²) >= 11 is 3.37. The number of aliphatic imine (C=N–C) groups is 1. The third-order valence-corrected chi connectivity index (χ3v) is 4.03. The van der Waals surface area contributed by atoms with Crippen molar-refractivity contribution in [2.45, 2.75) is 13.3 Å². The van der Waals surface area contributed by atoms with Crippen molar-refractivity contribution in [1.29, 1.82) is 0 Å². The molecule has 2 aromatic carbocycles. The first-order chi connectivity index (χ1) is 11.5. The molecular weight excluding hydrogens is 377 g/mol. The fourth-order valence-corrected chi connectivity index (χ4v) is 2.62. The molecule has 0 aliphatic heterocycles. The molecule has 0 radical (unpaired) electrons. The van der Waals surface area contributed by atoms with Crippen LogP contribution in [0.4, 0.5) is 10.1 Å². The van der Waals surface area contributed by atoms with E-state index < -0.39 is 5.92 Å². The van der Waals surface area contributed by atoms with Crippen LogP contribution in [-0.4, -0.2) is 23.9 Å². The second-order valence-electron chi connectivity index (χ2n) is 5.09. The molecule has 0 saturated carbocycles. The Hall–Kier alpha value is -2.21. The molecule has 1 unspecified atom stereocenters. The summed E-state index contributed by atoms with van der Waals surface area (Å²) in [5.74, 6) is -1.18. The number of carbonyl (C=O) groups is 1. The Morgan fingerprint density at radius 1 is 1.33 bits per heavy atom. The Morgan fingerprint density at radius 3 is 2.67 bits per heavy atom. The Balaban J connectivity index is 2.20. The van der Waals surface area contributed by atoms with Gasteiger partial charge in [0.15, 0.2) is 0 Å². The van der Waals surface area contributed by atoms with Gasteiger partial charge in [-0.05, 0) is 55.3 Å². The first-order valence-electron chi connectivity index (χ1n) is 7.43. The maximum Gasteiger partial charge on any atom is 0.314 e. The standard InChI is InChI=1S/C18H17BrFNO3/c1-2-24-18(23)13(9-12-3-8-16(22)10-17(12)19)11-21-15-6-4-14(20)5-7-15/h3-8,10-11,13,22H,2,9H2,1H3. The molecule has 0 saturated heterocycles. The molecule has 6 heteroatoms. The summed E-state index contributed by atoms with van der Waals surface area (Å²) in [5.41, 5.74) is 1.40. The van der Waals surface area contributed by atoms with E-state index in [1.807, 2.05) is 0 Å². The first-order valence-corrected chi connectivity index (χ1v) is 8.22. The van der Waals surface area contributed by atoms with E-state index in [0.717, 1.165) is 5.56 Å². The Morgan fingerprint density at radius 2 is 2.04 bits per heavy atom. The second kappa shape index (κ2) is 8.59. The van der Waals surface area contributed by atoms with Crippen LogP contribution in [0.25, 0.3) is 0 Å². The van der Waals surface area contributed by atoms with Crippen molar-refractivity contribution < 1.29 is 19.0 Å². The number of rotatable bonds is 6. The van der Waals surface area contributed by atoms with E-state index in [4.69, 9.17) is 4.74 Å². The zero-order valence-corrected chi connectivity index (χ0v) is 14.7. The summed E-state index contributed by atoms with van der Waals surface area (Å²) < 4.78 is 18.7. The average Bonchev–Trinajstić information content (AvgIpc) is 2.55. The van der Waals surface area contributed by atoms with Gasteiger partial charge in [-0.2, -0.15) is 0 Å². The van der Waals surface area contributed by atoms with Crippen LogP contribution in [0.3, 0.4) is 0 Å². The normalized spacial score (nSPS) is 12.3. The quantitative estimate of drug-likeness (QED) is 0.583. The highest BCUT2D eigenvalue weighted by atomic mass is 79.9. The molecule has 0 aliphatic carbocycles. The van der Waals surface area contributed by atoms with Gasteiger partial charge in [0.05, 0.1) is 18.2 Å². The van der Waals surface area contributed by atoms with E-state index in [1.54, 1.807) is 25.1 Å².